The molecule has 0 spiro atoms. The van der Waals surface area contributed by atoms with E-state index in [2.05, 4.69) is 13.8 Å². The third-order valence-corrected chi connectivity index (χ3v) is 3.92. The summed E-state index contributed by atoms with van der Waals surface area (Å²) in [6.07, 6.45) is 4.87. The molecule has 1 saturated carbocycles. The minimum Gasteiger partial charge on any atom is -0.331 e. The molecule has 0 N–H and O–H groups in total. The van der Waals surface area contributed by atoms with Crippen LogP contribution in [0.2, 0.25) is 0 Å². The van der Waals surface area contributed by atoms with Crippen molar-refractivity contribution in [3.8, 4) is 0 Å². The van der Waals surface area contributed by atoms with E-state index in [1.165, 1.54) is 25.7 Å². The van der Waals surface area contributed by atoms with E-state index < -0.39 is 0 Å². The summed E-state index contributed by atoms with van der Waals surface area (Å²) >= 11 is 0. The van der Waals surface area contributed by atoms with Gasteiger partial charge in [-0.1, -0.05) is 13.8 Å². The fraction of sp³-hybridized carbons (Fsp3) is 0.923. The topological polar surface area (TPSA) is 23.6 Å². The maximum atomic E-state index is 11.8. The summed E-state index contributed by atoms with van der Waals surface area (Å²) in [5.74, 6) is 1.65. The molecular weight excluding hydrogens is 200 g/mol. The highest BCUT2D eigenvalue weighted by Gasteiger charge is 2.28. The van der Waals surface area contributed by atoms with Crippen LogP contribution >= 0.6 is 0 Å². The van der Waals surface area contributed by atoms with Crippen LogP contribution in [0.5, 0.6) is 0 Å². The van der Waals surface area contributed by atoms with Gasteiger partial charge in [0.2, 0.25) is 0 Å². The molecule has 1 aliphatic carbocycles. The number of hydrogen-bond acceptors (Lipinski definition) is 1. The molecule has 1 rings (SSSR count). The molecule has 0 aromatic heterocycles. The molecule has 94 valence electrons. The highest BCUT2D eigenvalue weighted by atomic mass is 16.2. The van der Waals surface area contributed by atoms with Gasteiger partial charge in [-0.25, -0.2) is 4.79 Å². The zero-order valence-corrected chi connectivity index (χ0v) is 11.4. The number of carbonyl (C=O) groups is 1. The van der Waals surface area contributed by atoms with Crippen LogP contribution in [0.25, 0.3) is 0 Å². The molecule has 0 aliphatic heterocycles. The highest BCUT2D eigenvalue weighted by molar-refractivity contribution is 5.73. The molecule has 0 radical (unpaired) electrons. The Bertz CT molecular complexity index is 230. The van der Waals surface area contributed by atoms with Crippen LogP contribution in [0, 0.1) is 11.8 Å². The lowest BCUT2D eigenvalue weighted by Crippen LogP contribution is -2.44. The molecule has 3 heteroatoms. The monoisotopic (exact) mass is 226 g/mol. The van der Waals surface area contributed by atoms with E-state index in [1.54, 1.807) is 4.90 Å². The summed E-state index contributed by atoms with van der Waals surface area (Å²) in [4.78, 5) is 15.4. The first kappa shape index (κ1) is 13.3. The molecule has 0 atom stereocenters. The number of rotatable bonds is 2. The average molecular weight is 226 g/mol. The molecule has 1 fully saturated rings. The maximum Gasteiger partial charge on any atom is 0.319 e. The standard InChI is InChI=1S/C13H26N2O/c1-10(2)11-6-8-12(9-7-11)15(5)13(16)14(3)4/h10-12H,6-9H2,1-5H3. The van der Waals surface area contributed by atoms with E-state index in [4.69, 9.17) is 0 Å². The first-order valence-corrected chi connectivity index (χ1v) is 6.37. The van der Waals surface area contributed by atoms with Crippen molar-refractivity contribution in [1.29, 1.82) is 0 Å². The Morgan fingerprint density at radius 1 is 1.06 bits per heavy atom. The summed E-state index contributed by atoms with van der Waals surface area (Å²) in [5.41, 5.74) is 0. The van der Waals surface area contributed by atoms with Crippen LogP contribution in [0.1, 0.15) is 39.5 Å². The molecule has 0 heterocycles. The van der Waals surface area contributed by atoms with Crippen molar-refractivity contribution >= 4 is 6.03 Å². The van der Waals surface area contributed by atoms with E-state index in [0.29, 0.717) is 6.04 Å². The van der Waals surface area contributed by atoms with Crippen LogP contribution in [0.3, 0.4) is 0 Å². The van der Waals surface area contributed by atoms with Crippen molar-refractivity contribution in [3.05, 3.63) is 0 Å². The molecule has 0 unspecified atom stereocenters. The Hall–Kier alpha value is -0.730. The Balaban J connectivity index is 2.44. The summed E-state index contributed by atoms with van der Waals surface area (Å²) in [5, 5.41) is 0. The Morgan fingerprint density at radius 3 is 1.94 bits per heavy atom. The van der Waals surface area contributed by atoms with Crippen molar-refractivity contribution in [2.24, 2.45) is 11.8 Å². The lowest BCUT2D eigenvalue weighted by molar-refractivity contribution is 0.132. The first-order chi connectivity index (χ1) is 7.43. The van der Waals surface area contributed by atoms with Crippen molar-refractivity contribution in [2.75, 3.05) is 21.1 Å². The highest BCUT2D eigenvalue weighted by Crippen LogP contribution is 2.31. The zero-order valence-electron chi connectivity index (χ0n) is 11.4. The predicted molar refractivity (Wildman–Crippen MR) is 67.4 cm³/mol. The predicted octanol–water partition coefficient (Wildman–Crippen LogP) is 2.81. The first-order valence-electron chi connectivity index (χ1n) is 6.37. The molecule has 1 aliphatic rings. The Labute approximate surface area is 99.8 Å². The number of carbonyl (C=O) groups excluding carboxylic acids is 1. The van der Waals surface area contributed by atoms with Crippen LogP contribution in [-0.4, -0.2) is 43.0 Å². The SMILES string of the molecule is CC(C)C1CCC(N(C)C(=O)N(C)C)CC1. The smallest absolute Gasteiger partial charge is 0.319 e. The van der Waals surface area contributed by atoms with Gasteiger partial charge in [-0.3, -0.25) is 0 Å². The van der Waals surface area contributed by atoms with E-state index in [0.717, 1.165) is 11.8 Å². The molecule has 16 heavy (non-hydrogen) atoms. The molecule has 0 bridgehead atoms. The second-order valence-corrected chi connectivity index (χ2v) is 5.60. The molecule has 2 amide bonds. The minimum absolute atomic E-state index is 0.132. The van der Waals surface area contributed by atoms with Crippen molar-refractivity contribution in [3.63, 3.8) is 0 Å². The van der Waals surface area contributed by atoms with Gasteiger partial charge in [-0.05, 0) is 37.5 Å². The Morgan fingerprint density at radius 2 is 1.56 bits per heavy atom. The van der Waals surface area contributed by atoms with Crippen molar-refractivity contribution < 1.29 is 4.79 Å². The van der Waals surface area contributed by atoms with Gasteiger partial charge in [0, 0.05) is 27.2 Å². The third-order valence-electron chi connectivity index (χ3n) is 3.92. The van der Waals surface area contributed by atoms with Crippen molar-refractivity contribution in [1.82, 2.24) is 9.80 Å². The van der Waals surface area contributed by atoms with Gasteiger partial charge in [-0.15, -0.1) is 0 Å². The number of nitrogens with zero attached hydrogens (tertiary/aromatic N) is 2. The summed E-state index contributed by atoms with van der Waals surface area (Å²) in [7, 11) is 5.57. The summed E-state index contributed by atoms with van der Waals surface area (Å²) in [6, 6.07) is 0.581. The van der Waals surface area contributed by atoms with Gasteiger partial charge < -0.3 is 9.80 Å². The zero-order chi connectivity index (χ0) is 12.3. The summed E-state index contributed by atoms with van der Waals surface area (Å²) in [6.45, 7) is 4.61. The van der Waals surface area contributed by atoms with Crippen LogP contribution in [-0.2, 0) is 0 Å². The average Bonchev–Trinajstić information content (AvgIpc) is 2.27. The van der Waals surface area contributed by atoms with E-state index in [-0.39, 0.29) is 6.03 Å². The van der Waals surface area contributed by atoms with Crippen LogP contribution in [0.15, 0.2) is 0 Å². The van der Waals surface area contributed by atoms with E-state index in [9.17, 15) is 4.79 Å². The lowest BCUT2D eigenvalue weighted by Gasteiger charge is -2.37. The fourth-order valence-corrected chi connectivity index (χ4v) is 2.63. The van der Waals surface area contributed by atoms with Crippen LogP contribution in [0.4, 0.5) is 4.79 Å². The van der Waals surface area contributed by atoms with Gasteiger partial charge in [0.05, 0.1) is 0 Å². The largest absolute Gasteiger partial charge is 0.331 e. The molecular formula is C13H26N2O. The Kier molecular flexibility index (Phi) is 4.63. The number of urea groups is 1. The normalized spacial score (nSPS) is 25.6. The molecule has 0 aromatic rings. The van der Waals surface area contributed by atoms with Crippen molar-refractivity contribution in [2.45, 2.75) is 45.6 Å². The summed E-state index contributed by atoms with van der Waals surface area (Å²) < 4.78 is 0. The molecule has 3 nitrogen and oxygen atoms in total. The van der Waals surface area contributed by atoms with E-state index in [1.807, 2.05) is 26.0 Å². The number of amides is 2. The van der Waals surface area contributed by atoms with Crippen LogP contribution < -0.4 is 0 Å². The van der Waals surface area contributed by atoms with Gasteiger partial charge >= 0.3 is 6.03 Å². The quantitative estimate of drug-likeness (QED) is 0.710. The number of hydrogen-bond donors (Lipinski definition) is 0. The second kappa shape index (κ2) is 5.55. The fourth-order valence-electron chi connectivity index (χ4n) is 2.63. The minimum atomic E-state index is 0.132. The van der Waals surface area contributed by atoms with Gasteiger partial charge in [0.25, 0.3) is 0 Å². The lowest BCUT2D eigenvalue weighted by atomic mass is 9.79. The van der Waals surface area contributed by atoms with Gasteiger partial charge in [0.15, 0.2) is 0 Å². The van der Waals surface area contributed by atoms with E-state index >= 15 is 0 Å². The maximum absolute atomic E-state index is 11.8. The third kappa shape index (κ3) is 3.13. The molecule has 0 aromatic carbocycles. The second-order valence-electron chi connectivity index (χ2n) is 5.60. The van der Waals surface area contributed by atoms with Gasteiger partial charge in [-0.2, -0.15) is 0 Å². The van der Waals surface area contributed by atoms with Gasteiger partial charge in [0.1, 0.15) is 0 Å². The molecule has 0 saturated heterocycles.